The standard InChI is InChI=1S/C14H18N4O/c19-14(6-10-4-2-1-3-5-10)17-12-8-15-9-13-11(12)7-16-18-13/h7-10H,1-6H2,(H,16,18)(H,17,19). The van der Waals surface area contributed by atoms with Crippen molar-refractivity contribution in [1.29, 1.82) is 0 Å². The van der Waals surface area contributed by atoms with Crippen LogP contribution in [0.2, 0.25) is 0 Å². The normalized spacial score (nSPS) is 16.6. The van der Waals surface area contributed by atoms with Crippen molar-refractivity contribution in [2.75, 3.05) is 5.32 Å². The van der Waals surface area contributed by atoms with Crippen LogP contribution in [0, 0.1) is 5.92 Å². The predicted molar refractivity (Wildman–Crippen MR) is 73.7 cm³/mol. The lowest BCUT2D eigenvalue weighted by Gasteiger charge is -2.20. The smallest absolute Gasteiger partial charge is 0.224 e. The van der Waals surface area contributed by atoms with E-state index in [1.807, 2.05) is 0 Å². The van der Waals surface area contributed by atoms with Crippen molar-refractivity contribution in [3.63, 3.8) is 0 Å². The maximum atomic E-state index is 12.1. The molecule has 3 rings (SSSR count). The van der Waals surface area contributed by atoms with Gasteiger partial charge >= 0.3 is 0 Å². The van der Waals surface area contributed by atoms with Gasteiger partial charge in [-0.25, -0.2) is 0 Å². The van der Waals surface area contributed by atoms with E-state index in [9.17, 15) is 4.79 Å². The number of carbonyl (C=O) groups excluding carboxylic acids is 1. The molecule has 0 aromatic carbocycles. The van der Waals surface area contributed by atoms with E-state index in [1.54, 1.807) is 18.6 Å². The van der Waals surface area contributed by atoms with Gasteiger partial charge in [0.1, 0.15) is 0 Å². The summed E-state index contributed by atoms with van der Waals surface area (Å²) in [6.07, 6.45) is 11.9. The fourth-order valence-electron chi connectivity index (χ4n) is 2.82. The number of hydrogen-bond acceptors (Lipinski definition) is 3. The second-order valence-corrected chi connectivity index (χ2v) is 5.27. The maximum Gasteiger partial charge on any atom is 0.224 e. The number of hydrogen-bond donors (Lipinski definition) is 2. The summed E-state index contributed by atoms with van der Waals surface area (Å²) >= 11 is 0. The molecule has 0 unspecified atom stereocenters. The quantitative estimate of drug-likeness (QED) is 0.889. The summed E-state index contributed by atoms with van der Waals surface area (Å²) in [5.74, 6) is 0.632. The van der Waals surface area contributed by atoms with Gasteiger partial charge in [0.25, 0.3) is 0 Å². The Morgan fingerprint density at radius 3 is 2.95 bits per heavy atom. The lowest BCUT2D eigenvalue weighted by molar-refractivity contribution is -0.117. The molecule has 2 aromatic heterocycles. The molecule has 0 spiro atoms. The van der Waals surface area contributed by atoms with Crippen LogP contribution < -0.4 is 5.32 Å². The SMILES string of the molecule is O=C(CC1CCCCC1)Nc1cncc2[nH]ncc12. The monoisotopic (exact) mass is 258 g/mol. The minimum absolute atomic E-state index is 0.0856. The predicted octanol–water partition coefficient (Wildman–Crippen LogP) is 2.87. The second-order valence-electron chi connectivity index (χ2n) is 5.27. The Labute approximate surface area is 111 Å². The van der Waals surface area contributed by atoms with Crippen LogP contribution in [0.1, 0.15) is 38.5 Å². The molecule has 2 heterocycles. The van der Waals surface area contributed by atoms with Crippen molar-refractivity contribution >= 4 is 22.5 Å². The summed E-state index contributed by atoms with van der Waals surface area (Å²) < 4.78 is 0. The molecule has 1 saturated carbocycles. The van der Waals surface area contributed by atoms with E-state index in [0.29, 0.717) is 12.3 Å². The van der Waals surface area contributed by atoms with Gasteiger partial charge in [-0.05, 0) is 18.8 Å². The molecule has 0 aliphatic heterocycles. The molecule has 1 fully saturated rings. The Bertz CT molecular complexity index is 572. The number of carbonyl (C=O) groups is 1. The summed E-state index contributed by atoms with van der Waals surface area (Å²) in [6.45, 7) is 0. The van der Waals surface area contributed by atoms with Crippen molar-refractivity contribution in [3.8, 4) is 0 Å². The fraction of sp³-hybridized carbons (Fsp3) is 0.500. The number of fused-ring (bicyclic) bond motifs is 1. The Hall–Kier alpha value is -1.91. The molecule has 1 amide bonds. The molecular formula is C14H18N4O. The van der Waals surface area contributed by atoms with Gasteiger partial charge in [0.05, 0.1) is 29.8 Å². The largest absolute Gasteiger partial charge is 0.324 e. The molecule has 1 aliphatic carbocycles. The van der Waals surface area contributed by atoms with Crippen LogP contribution in [0.4, 0.5) is 5.69 Å². The molecule has 19 heavy (non-hydrogen) atoms. The van der Waals surface area contributed by atoms with Crippen LogP contribution in [-0.2, 0) is 4.79 Å². The average molecular weight is 258 g/mol. The van der Waals surface area contributed by atoms with E-state index in [4.69, 9.17) is 0 Å². The topological polar surface area (TPSA) is 70.7 Å². The molecule has 1 aliphatic rings. The van der Waals surface area contributed by atoms with Gasteiger partial charge in [-0.15, -0.1) is 0 Å². The van der Waals surface area contributed by atoms with Gasteiger partial charge < -0.3 is 5.32 Å². The first-order valence-corrected chi connectivity index (χ1v) is 6.90. The first-order chi connectivity index (χ1) is 9.33. The number of anilines is 1. The van der Waals surface area contributed by atoms with Crippen molar-refractivity contribution in [2.24, 2.45) is 5.92 Å². The third-order valence-electron chi connectivity index (χ3n) is 3.84. The summed E-state index contributed by atoms with van der Waals surface area (Å²) in [4.78, 5) is 16.2. The molecule has 5 heteroatoms. The minimum atomic E-state index is 0.0856. The highest BCUT2D eigenvalue weighted by atomic mass is 16.1. The Morgan fingerprint density at radius 1 is 1.26 bits per heavy atom. The van der Waals surface area contributed by atoms with Crippen LogP contribution in [0.15, 0.2) is 18.6 Å². The Balaban J connectivity index is 1.67. The van der Waals surface area contributed by atoms with Gasteiger partial charge in [-0.3, -0.25) is 14.9 Å². The van der Waals surface area contributed by atoms with Crippen LogP contribution in [0.5, 0.6) is 0 Å². The zero-order chi connectivity index (χ0) is 13.1. The van der Waals surface area contributed by atoms with Crippen LogP contribution in [0.25, 0.3) is 10.9 Å². The van der Waals surface area contributed by atoms with Gasteiger partial charge in [0.2, 0.25) is 5.91 Å². The highest BCUT2D eigenvalue weighted by molar-refractivity contribution is 6.00. The average Bonchev–Trinajstić information content (AvgIpc) is 2.89. The lowest BCUT2D eigenvalue weighted by Crippen LogP contribution is -2.18. The summed E-state index contributed by atoms with van der Waals surface area (Å²) in [5, 5.41) is 10.7. The van der Waals surface area contributed by atoms with Gasteiger partial charge in [-0.1, -0.05) is 19.3 Å². The molecule has 2 N–H and O–H groups in total. The number of rotatable bonds is 3. The van der Waals surface area contributed by atoms with Crippen LogP contribution in [-0.4, -0.2) is 21.1 Å². The molecule has 0 saturated heterocycles. The van der Waals surface area contributed by atoms with E-state index in [2.05, 4.69) is 20.5 Å². The third kappa shape index (κ3) is 2.75. The molecule has 5 nitrogen and oxygen atoms in total. The number of aromatic nitrogens is 3. The molecule has 0 radical (unpaired) electrons. The van der Waals surface area contributed by atoms with Crippen LogP contribution >= 0.6 is 0 Å². The number of aromatic amines is 1. The Morgan fingerprint density at radius 2 is 2.11 bits per heavy atom. The second kappa shape index (κ2) is 5.38. The summed E-state index contributed by atoms with van der Waals surface area (Å²) in [7, 11) is 0. The number of nitrogens with zero attached hydrogens (tertiary/aromatic N) is 2. The zero-order valence-electron chi connectivity index (χ0n) is 10.9. The van der Waals surface area contributed by atoms with Gasteiger partial charge in [0, 0.05) is 11.8 Å². The van der Waals surface area contributed by atoms with E-state index < -0.39 is 0 Å². The maximum absolute atomic E-state index is 12.1. The van der Waals surface area contributed by atoms with E-state index in [0.717, 1.165) is 16.6 Å². The fourth-order valence-corrected chi connectivity index (χ4v) is 2.82. The lowest BCUT2D eigenvalue weighted by atomic mass is 9.87. The molecule has 2 aromatic rings. The first-order valence-electron chi connectivity index (χ1n) is 6.90. The Kier molecular flexibility index (Phi) is 3.44. The molecule has 0 bridgehead atoms. The van der Waals surface area contributed by atoms with E-state index in [1.165, 1.54) is 32.1 Å². The number of nitrogens with one attached hydrogen (secondary N) is 2. The minimum Gasteiger partial charge on any atom is -0.324 e. The third-order valence-corrected chi connectivity index (χ3v) is 3.84. The highest BCUT2D eigenvalue weighted by Crippen LogP contribution is 2.27. The highest BCUT2D eigenvalue weighted by Gasteiger charge is 2.17. The van der Waals surface area contributed by atoms with Crippen molar-refractivity contribution in [1.82, 2.24) is 15.2 Å². The number of H-pyrrole nitrogens is 1. The van der Waals surface area contributed by atoms with Crippen molar-refractivity contribution < 1.29 is 4.79 Å². The van der Waals surface area contributed by atoms with Gasteiger partial charge in [-0.2, -0.15) is 5.10 Å². The molecular weight excluding hydrogens is 240 g/mol. The zero-order valence-corrected chi connectivity index (χ0v) is 10.9. The first kappa shape index (κ1) is 12.1. The van der Waals surface area contributed by atoms with E-state index in [-0.39, 0.29) is 5.91 Å². The number of amides is 1. The number of pyridine rings is 1. The van der Waals surface area contributed by atoms with Crippen molar-refractivity contribution in [2.45, 2.75) is 38.5 Å². The summed E-state index contributed by atoms with van der Waals surface area (Å²) in [6, 6.07) is 0. The summed E-state index contributed by atoms with van der Waals surface area (Å²) in [5.41, 5.74) is 1.59. The van der Waals surface area contributed by atoms with Crippen LogP contribution in [0.3, 0.4) is 0 Å². The van der Waals surface area contributed by atoms with Crippen molar-refractivity contribution in [3.05, 3.63) is 18.6 Å². The molecule has 100 valence electrons. The van der Waals surface area contributed by atoms with E-state index >= 15 is 0 Å². The van der Waals surface area contributed by atoms with Gasteiger partial charge in [0.15, 0.2) is 0 Å². The molecule has 0 atom stereocenters.